The minimum Gasteiger partial charge on any atom is -0.445 e. The fourth-order valence-electron chi connectivity index (χ4n) is 5.94. The Morgan fingerprint density at radius 1 is 1.11 bits per heavy atom. The van der Waals surface area contributed by atoms with Crippen molar-refractivity contribution in [2.75, 3.05) is 27.3 Å². The van der Waals surface area contributed by atoms with Crippen LogP contribution in [0.1, 0.15) is 62.1 Å². The molecule has 37 heavy (non-hydrogen) atoms. The number of nitrogens with one attached hydrogen (secondary N) is 1. The van der Waals surface area contributed by atoms with Gasteiger partial charge in [-0.25, -0.2) is 9.59 Å². The van der Waals surface area contributed by atoms with E-state index >= 15 is 0 Å². The maximum Gasteiger partial charge on any atom is 0.414 e. The van der Waals surface area contributed by atoms with Gasteiger partial charge in [-0.3, -0.25) is 0 Å². The molecular formula is C30H40N2O5. The number of fused-ring (bicyclic) bond motifs is 4. The molecule has 2 aliphatic rings. The molecule has 1 fully saturated rings. The number of amides is 2. The summed E-state index contributed by atoms with van der Waals surface area (Å²) in [6.07, 6.45) is 6.34. The zero-order valence-corrected chi connectivity index (χ0v) is 22.3. The van der Waals surface area contributed by atoms with Crippen LogP contribution in [-0.2, 0) is 27.9 Å². The molecule has 7 nitrogen and oxygen atoms in total. The molecule has 4 rings (SSSR count). The number of carbonyl (C=O) groups excluding carboxylic acids is 2. The van der Waals surface area contributed by atoms with Crippen LogP contribution in [0.25, 0.3) is 0 Å². The van der Waals surface area contributed by atoms with Gasteiger partial charge >= 0.3 is 12.2 Å². The molecule has 2 aromatic carbocycles. The molecule has 3 atom stereocenters. The monoisotopic (exact) mass is 508 g/mol. The summed E-state index contributed by atoms with van der Waals surface area (Å²) in [6, 6.07) is 15.7. The second-order valence-electron chi connectivity index (χ2n) is 10.6. The molecule has 2 amide bonds. The summed E-state index contributed by atoms with van der Waals surface area (Å²) in [5.74, 6) is 0.872. The van der Waals surface area contributed by atoms with Crippen LogP contribution in [-0.4, -0.2) is 50.4 Å². The predicted molar refractivity (Wildman–Crippen MR) is 143 cm³/mol. The van der Waals surface area contributed by atoms with Crippen molar-refractivity contribution in [3.63, 3.8) is 0 Å². The number of methoxy groups -OCH3 is 1. The summed E-state index contributed by atoms with van der Waals surface area (Å²) in [5.41, 5.74) is 3.12. The molecule has 1 saturated carbocycles. The van der Waals surface area contributed by atoms with Gasteiger partial charge in [-0.1, -0.05) is 62.6 Å². The van der Waals surface area contributed by atoms with Crippen LogP contribution >= 0.6 is 0 Å². The fraction of sp³-hybridized carbons (Fsp3) is 0.533. The number of hydrogen-bond acceptors (Lipinski definition) is 5. The van der Waals surface area contributed by atoms with E-state index in [0.717, 1.165) is 43.2 Å². The van der Waals surface area contributed by atoms with Crippen molar-refractivity contribution >= 4 is 12.2 Å². The first-order valence-electron chi connectivity index (χ1n) is 13.4. The van der Waals surface area contributed by atoms with Gasteiger partial charge in [-0.15, -0.1) is 0 Å². The van der Waals surface area contributed by atoms with Crippen LogP contribution in [0.5, 0.6) is 5.75 Å². The fourth-order valence-corrected chi connectivity index (χ4v) is 5.94. The maximum absolute atomic E-state index is 12.9. The normalized spacial score (nSPS) is 22.7. The Hall–Kier alpha value is -3.06. The number of carbonyl (C=O) groups is 2. The standard InChI is InChI=1S/C30H40N2O5/c1-30-16-9-5-8-13-24(27(30)31-28(33)36-21-22-11-6-4-7-12-22)19-23-14-15-25(20-26(23)30)37-29(34)32(2)17-10-18-35-3/h4,6-7,11-12,14-15,20,24,27H,5,8-10,13,16-19,21H2,1-3H3,(H,31,33)/t24-,27-,30+/m0/s1. The molecule has 0 radical (unpaired) electrons. The van der Waals surface area contributed by atoms with Crippen LogP contribution in [0.4, 0.5) is 9.59 Å². The smallest absolute Gasteiger partial charge is 0.414 e. The highest BCUT2D eigenvalue weighted by atomic mass is 16.6. The van der Waals surface area contributed by atoms with Gasteiger partial charge in [-0.05, 0) is 60.4 Å². The number of nitrogens with zero attached hydrogens (tertiary/aromatic N) is 1. The minimum absolute atomic E-state index is 0.0498. The van der Waals surface area contributed by atoms with E-state index in [-0.39, 0.29) is 30.3 Å². The second kappa shape index (κ2) is 12.5. The zero-order chi connectivity index (χ0) is 26.3. The first kappa shape index (κ1) is 27.0. The Morgan fingerprint density at radius 2 is 1.92 bits per heavy atom. The highest BCUT2D eigenvalue weighted by Gasteiger charge is 2.47. The SMILES string of the molecule is COCCCN(C)C(=O)Oc1ccc2c(c1)[C@@]1(C)CCCCC[C@@H](C2)[C@@H]1NC(=O)OCc1ccccc1. The summed E-state index contributed by atoms with van der Waals surface area (Å²) in [5, 5.41) is 3.26. The van der Waals surface area contributed by atoms with E-state index in [1.54, 1.807) is 19.1 Å². The summed E-state index contributed by atoms with van der Waals surface area (Å²) < 4.78 is 16.4. The first-order valence-corrected chi connectivity index (χ1v) is 13.4. The van der Waals surface area contributed by atoms with Crippen molar-refractivity contribution in [2.45, 2.75) is 69.9 Å². The van der Waals surface area contributed by atoms with E-state index in [1.807, 2.05) is 42.5 Å². The van der Waals surface area contributed by atoms with Crippen LogP contribution in [0.15, 0.2) is 48.5 Å². The van der Waals surface area contributed by atoms with Crippen LogP contribution in [0.2, 0.25) is 0 Å². The lowest BCUT2D eigenvalue weighted by atomic mass is 9.59. The zero-order valence-electron chi connectivity index (χ0n) is 22.3. The molecule has 7 heteroatoms. The van der Waals surface area contributed by atoms with E-state index in [9.17, 15) is 9.59 Å². The van der Waals surface area contributed by atoms with E-state index in [0.29, 0.717) is 24.8 Å². The molecule has 200 valence electrons. The molecule has 1 N–H and O–H groups in total. The average Bonchev–Trinajstić information content (AvgIpc) is 2.90. The Labute approximate surface area is 220 Å². The molecular weight excluding hydrogens is 468 g/mol. The third kappa shape index (κ3) is 6.63. The summed E-state index contributed by atoms with van der Waals surface area (Å²) in [6.45, 7) is 3.65. The molecule has 0 aromatic heterocycles. The molecule has 2 aromatic rings. The molecule has 2 aliphatic carbocycles. The highest BCUT2D eigenvalue weighted by Crippen LogP contribution is 2.47. The Balaban J connectivity index is 1.51. The third-order valence-electron chi connectivity index (χ3n) is 7.95. The molecule has 2 bridgehead atoms. The quantitative estimate of drug-likeness (QED) is 0.453. The number of hydrogen-bond donors (Lipinski definition) is 1. The van der Waals surface area contributed by atoms with Crippen LogP contribution in [0.3, 0.4) is 0 Å². The van der Waals surface area contributed by atoms with Crippen molar-refractivity contribution in [2.24, 2.45) is 5.92 Å². The van der Waals surface area contributed by atoms with Gasteiger partial charge in [0.15, 0.2) is 0 Å². The van der Waals surface area contributed by atoms with Gasteiger partial charge < -0.3 is 24.4 Å². The largest absolute Gasteiger partial charge is 0.445 e. The predicted octanol–water partition coefficient (Wildman–Crippen LogP) is 5.84. The second-order valence-corrected chi connectivity index (χ2v) is 10.6. The number of rotatable bonds is 8. The van der Waals surface area contributed by atoms with Gasteiger partial charge in [0, 0.05) is 38.8 Å². The van der Waals surface area contributed by atoms with Crippen molar-refractivity contribution in [1.29, 1.82) is 0 Å². The van der Waals surface area contributed by atoms with E-state index in [2.05, 4.69) is 18.3 Å². The molecule has 0 heterocycles. The first-order chi connectivity index (χ1) is 17.9. The van der Waals surface area contributed by atoms with Crippen LogP contribution in [0, 0.1) is 5.92 Å². The lowest BCUT2D eigenvalue weighted by Gasteiger charge is -2.49. The van der Waals surface area contributed by atoms with Crippen molar-refractivity contribution in [1.82, 2.24) is 10.2 Å². The van der Waals surface area contributed by atoms with E-state index in [4.69, 9.17) is 14.2 Å². The average molecular weight is 509 g/mol. The van der Waals surface area contributed by atoms with Gasteiger partial charge in [-0.2, -0.15) is 0 Å². The lowest BCUT2D eigenvalue weighted by Crippen LogP contribution is -2.57. The van der Waals surface area contributed by atoms with Gasteiger partial charge in [0.2, 0.25) is 0 Å². The molecule has 0 saturated heterocycles. The summed E-state index contributed by atoms with van der Waals surface area (Å²) in [7, 11) is 3.38. The van der Waals surface area contributed by atoms with Crippen LogP contribution < -0.4 is 10.1 Å². The minimum atomic E-state index is -0.383. The van der Waals surface area contributed by atoms with Gasteiger partial charge in [0.05, 0.1) is 0 Å². The number of alkyl carbamates (subject to hydrolysis) is 1. The summed E-state index contributed by atoms with van der Waals surface area (Å²) >= 11 is 0. The van der Waals surface area contributed by atoms with Crippen molar-refractivity contribution in [3.8, 4) is 5.75 Å². The van der Waals surface area contributed by atoms with Gasteiger partial charge in [0.1, 0.15) is 12.4 Å². The third-order valence-corrected chi connectivity index (χ3v) is 7.95. The maximum atomic E-state index is 12.9. The molecule has 0 unspecified atom stereocenters. The van der Waals surface area contributed by atoms with Crippen molar-refractivity contribution in [3.05, 3.63) is 65.2 Å². The Morgan fingerprint density at radius 3 is 2.70 bits per heavy atom. The van der Waals surface area contributed by atoms with Crippen molar-refractivity contribution < 1.29 is 23.8 Å². The molecule has 0 spiro atoms. The van der Waals surface area contributed by atoms with E-state index in [1.165, 1.54) is 18.4 Å². The Kier molecular flexibility index (Phi) is 9.09. The highest BCUT2D eigenvalue weighted by molar-refractivity contribution is 5.71. The summed E-state index contributed by atoms with van der Waals surface area (Å²) in [4.78, 5) is 27.2. The lowest BCUT2D eigenvalue weighted by molar-refractivity contribution is 0.110. The van der Waals surface area contributed by atoms with Gasteiger partial charge in [0.25, 0.3) is 0 Å². The Bertz CT molecular complexity index is 1060. The number of ether oxygens (including phenoxy) is 3. The topological polar surface area (TPSA) is 77.1 Å². The molecule has 0 aliphatic heterocycles. The number of benzene rings is 2. The van der Waals surface area contributed by atoms with E-state index < -0.39 is 0 Å².